The summed E-state index contributed by atoms with van der Waals surface area (Å²) in [5, 5.41) is 35.4. The molecule has 3 amide bonds. The van der Waals surface area contributed by atoms with E-state index in [1.54, 1.807) is 0 Å². The number of carboxylic acid groups (broad SMARTS) is 1. The highest BCUT2D eigenvalue weighted by Gasteiger charge is 2.27. The second-order valence-electron chi connectivity index (χ2n) is 7.82. The number of guanidine groups is 1. The van der Waals surface area contributed by atoms with E-state index in [0.29, 0.717) is 5.56 Å². The summed E-state index contributed by atoms with van der Waals surface area (Å²) in [4.78, 5) is 52.5. The number of aliphatic hydroxyl groups is 1. The zero-order valence-electron chi connectivity index (χ0n) is 19.3. The molecule has 4 unspecified atom stereocenters. The molecular weight excluding hydrogens is 462 g/mol. The fourth-order valence-corrected chi connectivity index (χ4v) is 2.86. The van der Waals surface area contributed by atoms with Crippen molar-refractivity contribution in [1.29, 1.82) is 0 Å². The molecule has 1 rings (SSSR count). The molecule has 14 nitrogen and oxygen atoms in total. The molecule has 1 aromatic rings. The maximum Gasteiger partial charge on any atom is 0.326 e. The Hall–Kier alpha value is -3.91. The van der Waals surface area contributed by atoms with Crippen molar-refractivity contribution in [2.45, 2.75) is 50.4 Å². The molecule has 4 atom stereocenters. The van der Waals surface area contributed by atoms with Gasteiger partial charge in [-0.05, 0) is 37.5 Å². The van der Waals surface area contributed by atoms with E-state index in [0.717, 1.165) is 0 Å². The van der Waals surface area contributed by atoms with Gasteiger partial charge in [-0.2, -0.15) is 0 Å². The van der Waals surface area contributed by atoms with Gasteiger partial charge in [0.05, 0.1) is 12.6 Å². The topological polar surface area (TPSA) is 255 Å². The van der Waals surface area contributed by atoms with Crippen LogP contribution in [0.3, 0.4) is 0 Å². The summed E-state index contributed by atoms with van der Waals surface area (Å²) in [6.45, 7) is 0.960. The van der Waals surface area contributed by atoms with Crippen LogP contribution in [-0.4, -0.2) is 82.3 Å². The summed E-state index contributed by atoms with van der Waals surface area (Å²) in [6, 6.07) is 2.16. The van der Waals surface area contributed by atoms with Crippen molar-refractivity contribution in [3.05, 3.63) is 29.8 Å². The second-order valence-corrected chi connectivity index (χ2v) is 7.82. The van der Waals surface area contributed by atoms with Gasteiger partial charge >= 0.3 is 5.97 Å². The Balaban J connectivity index is 2.89. The third-order valence-electron chi connectivity index (χ3n) is 4.83. The molecule has 194 valence electrons. The minimum absolute atomic E-state index is 0.00247. The first-order chi connectivity index (χ1) is 16.4. The standard InChI is InChI=1S/C21H33N7O7/c1-11(29)17(22)19(33)26-10-16(31)27-15(9-12-4-6-13(30)7-5-12)18(32)28-14(20(34)35)3-2-8-25-21(23)24/h4-7,11,14-15,17,29-30H,2-3,8-10,22H2,1H3,(H,26,33)(H,27,31)(H,28,32)(H,34,35)(H4,23,24,25). The van der Waals surface area contributed by atoms with E-state index < -0.39 is 54.5 Å². The minimum Gasteiger partial charge on any atom is -0.508 e. The quantitative estimate of drug-likeness (QED) is 0.0712. The van der Waals surface area contributed by atoms with Crippen molar-refractivity contribution in [3.63, 3.8) is 0 Å². The molecule has 12 N–H and O–H groups in total. The summed E-state index contributed by atoms with van der Waals surface area (Å²) in [6.07, 6.45) is -0.852. The molecule has 0 radical (unpaired) electrons. The fraction of sp³-hybridized carbons (Fsp3) is 0.476. The Kier molecular flexibility index (Phi) is 12.0. The Labute approximate surface area is 201 Å². The molecule has 0 aliphatic heterocycles. The zero-order valence-corrected chi connectivity index (χ0v) is 19.3. The van der Waals surface area contributed by atoms with Gasteiger partial charge < -0.3 is 48.5 Å². The monoisotopic (exact) mass is 495 g/mol. The highest BCUT2D eigenvalue weighted by molar-refractivity contribution is 5.92. The minimum atomic E-state index is -1.28. The van der Waals surface area contributed by atoms with Crippen molar-refractivity contribution in [1.82, 2.24) is 16.0 Å². The van der Waals surface area contributed by atoms with Crippen LogP contribution in [0.25, 0.3) is 0 Å². The summed E-state index contributed by atoms with van der Waals surface area (Å²) in [7, 11) is 0. The first kappa shape index (κ1) is 29.1. The lowest BCUT2D eigenvalue weighted by atomic mass is 10.0. The van der Waals surface area contributed by atoms with Crippen LogP contribution in [0.5, 0.6) is 5.75 Å². The Morgan fingerprint density at radius 3 is 2.20 bits per heavy atom. The van der Waals surface area contributed by atoms with E-state index >= 15 is 0 Å². The van der Waals surface area contributed by atoms with Gasteiger partial charge in [-0.25, -0.2) is 4.79 Å². The third kappa shape index (κ3) is 11.2. The Morgan fingerprint density at radius 2 is 1.66 bits per heavy atom. The number of aromatic hydroxyl groups is 1. The first-order valence-corrected chi connectivity index (χ1v) is 10.8. The van der Waals surface area contributed by atoms with Gasteiger partial charge in [0.1, 0.15) is 23.9 Å². The number of aliphatic carboxylic acids is 1. The average Bonchev–Trinajstić information content (AvgIpc) is 2.79. The predicted octanol–water partition coefficient (Wildman–Crippen LogP) is -3.13. The zero-order chi connectivity index (χ0) is 26.5. The summed E-state index contributed by atoms with van der Waals surface area (Å²) in [5.74, 6) is -3.69. The lowest BCUT2D eigenvalue weighted by molar-refractivity contribution is -0.142. The number of phenolic OH excluding ortho intramolecular Hbond substituents is 1. The molecule has 0 aromatic heterocycles. The predicted molar refractivity (Wildman–Crippen MR) is 126 cm³/mol. The van der Waals surface area contributed by atoms with Crippen LogP contribution >= 0.6 is 0 Å². The van der Waals surface area contributed by atoms with E-state index in [2.05, 4.69) is 20.9 Å². The molecule has 0 saturated carbocycles. The van der Waals surface area contributed by atoms with Crippen LogP contribution in [0.1, 0.15) is 25.3 Å². The van der Waals surface area contributed by atoms with E-state index in [4.69, 9.17) is 17.2 Å². The molecule has 0 heterocycles. The number of benzene rings is 1. The van der Waals surface area contributed by atoms with Crippen molar-refractivity contribution < 1.29 is 34.5 Å². The van der Waals surface area contributed by atoms with Crippen molar-refractivity contribution in [3.8, 4) is 5.75 Å². The molecule has 1 aromatic carbocycles. The van der Waals surface area contributed by atoms with Crippen LogP contribution in [0, 0.1) is 0 Å². The number of phenols is 1. The van der Waals surface area contributed by atoms with E-state index in [1.165, 1.54) is 31.2 Å². The van der Waals surface area contributed by atoms with Crippen molar-refractivity contribution >= 4 is 29.7 Å². The molecule has 0 fully saturated rings. The Bertz CT molecular complexity index is 902. The van der Waals surface area contributed by atoms with Gasteiger partial charge in [-0.3, -0.25) is 19.4 Å². The number of carbonyl (C=O) groups excluding carboxylic acids is 3. The molecule has 0 spiro atoms. The smallest absolute Gasteiger partial charge is 0.326 e. The normalized spacial score (nSPS) is 14.0. The number of nitrogens with zero attached hydrogens (tertiary/aromatic N) is 1. The lowest BCUT2D eigenvalue weighted by Gasteiger charge is -2.22. The first-order valence-electron chi connectivity index (χ1n) is 10.8. The van der Waals surface area contributed by atoms with Gasteiger partial charge in [0.15, 0.2) is 5.96 Å². The van der Waals surface area contributed by atoms with Crippen molar-refractivity contribution in [2.75, 3.05) is 13.1 Å². The highest BCUT2D eigenvalue weighted by Crippen LogP contribution is 2.12. The molecular formula is C21H33N7O7. The average molecular weight is 496 g/mol. The number of carboxylic acids is 1. The van der Waals surface area contributed by atoms with E-state index in [9.17, 15) is 34.5 Å². The van der Waals surface area contributed by atoms with Crippen molar-refractivity contribution in [2.24, 2.45) is 22.2 Å². The highest BCUT2D eigenvalue weighted by atomic mass is 16.4. The molecule has 35 heavy (non-hydrogen) atoms. The second kappa shape index (κ2) is 14.4. The number of nitrogens with two attached hydrogens (primary N) is 3. The van der Waals surface area contributed by atoms with Crippen LogP contribution < -0.4 is 33.2 Å². The molecule has 14 heteroatoms. The summed E-state index contributed by atoms with van der Waals surface area (Å²) < 4.78 is 0. The summed E-state index contributed by atoms with van der Waals surface area (Å²) >= 11 is 0. The van der Waals surface area contributed by atoms with Gasteiger partial charge in [0.25, 0.3) is 0 Å². The van der Waals surface area contributed by atoms with Crippen LogP contribution in [0.2, 0.25) is 0 Å². The number of carbonyl (C=O) groups is 4. The maximum atomic E-state index is 12.9. The molecule has 0 saturated heterocycles. The molecule has 0 aliphatic carbocycles. The fourth-order valence-electron chi connectivity index (χ4n) is 2.86. The van der Waals surface area contributed by atoms with Gasteiger partial charge in [-0.15, -0.1) is 0 Å². The number of hydrogen-bond acceptors (Lipinski definition) is 8. The van der Waals surface area contributed by atoms with Gasteiger partial charge in [0, 0.05) is 13.0 Å². The summed E-state index contributed by atoms with van der Waals surface area (Å²) in [5.41, 5.74) is 16.5. The third-order valence-corrected chi connectivity index (χ3v) is 4.83. The number of rotatable bonds is 14. The number of aliphatic imine (C=N–C) groups is 1. The van der Waals surface area contributed by atoms with Crippen LogP contribution in [-0.2, 0) is 25.6 Å². The number of nitrogens with one attached hydrogen (secondary N) is 3. The SMILES string of the molecule is CC(O)C(N)C(=O)NCC(=O)NC(Cc1ccc(O)cc1)C(=O)NC(CCCN=C(N)N)C(=O)O. The molecule has 0 bridgehead atoms. The maximum absolute atomic E-state index is 12.9. The largest absolute Gasteiger partial charge is 0.508 e. The number of amides is 3. The van der Waals surface area contributed by atoms with Gasteiger partial charge in [0.2, 0.25) is 17.7 Å². The van der Waals surface area contributed by atoms with E-state index in [-0.39, 0.29) is 37.5 Å². The van der Waals surface area contributed by atoms with Gasteiger partial charge in [-0.1, -0.05) is 12.1 Å². The lowest BCUT2D eigenvalue weighted by Crippen LogP contribution is -2.55. The molecule has 0 aliphatic rings. The van der Waals surface area contributed by atoms with Crippen LogP contribution in [0.15, 0.2) is 29.3 Å². The van der Waals surface area contributed by atoms with Crippen LogP contribution in [0.4, 0.5) is 0 Å². The number of hydrogen-bond donors (Lipinski definition) is 9. The van der Waals surface area contributed by atoms with E-state index in [1.807, 2.05) is 0 Å². The number of aliphatic hydroxyl groups excluding tert-OH is 1. The Morgan fingerprint density at radius 1 is 1.03 bits per heavy atom.